The van der Waals surface area contributed by atoms with Crippen LogP contribution < -0.4 is 15.6 Å². The summed E-state index contributed by atoms with van der Waals surface area (Å²) in [5.74, 6) is 0.292. The van der Waals surface area contributed by atoms with E-state index in [-0.39, 0.29) is 23.7 Å². The summed E-state index contributed by atoms with van der Waals surface area (Å²) in [7, 11) is 1.53. The second-order valence-corrected chi connectivity index (χ2v) is 5.27. The summed E-state index contributed by atoms with van der Waals surface area (Å²) >= 11 is 5.79. The van der Waals surface area contributed by atoms with Crippen molar-refractivity contribution in [3.8, 4) is 5.75 Å². The zero-order valence-corrected chi connectivity index (χ0v) is 14.0. The van der Waals surface area contributed by atoms with Gasteiger partial charge in [0.15, 0.2) is 0 Å². The van der Waals surface area contributed by atoms with E-state index in [2.05, 4.69) is 10.4 Å². The number of benzene rings is 1. The SMILES string of the molecule is COCCn1nc(C(=O)NCCOc2ccc(Cl)cc2)ccc1=O. The molecule has 2 rings (SSSR count). The first-order chi connectivity index (χ1) is 11.6. The van der Waals surface area contributed by atoms with Crippen molar-refractivity contribution in [1.82, 2.24) is 15.1 Å². The van der Waals surface area contributed by atoms with Crippen LogP contribution in [0.15, 0.2) is 41.2 Å². The highest BCUT2D eigenvalue weighted by atomic mass is 35.5. The van der Waals surface area contributed by atoms with Gasteiger partial charge in [-0.15, -0.1) is 0 Å². The Bertz CT molecular complexity index is 731. The van der Waals surface area contributed by atoms with E-state index in [1.165, 1.54) is 23.9 Å². The second kappa shape index (κ2) is 9.05. The van der Waals surface area contributed by atoms with Crippen molar-refractivity contribution in [2.24, 2.45) is 0 Å². The maximum Gasteiger partial charge on any atom is 0.271 e. The Balaban J connectivity index is 1.83. The van der Waals surface area contributed by atoms with Gasteiger partial charge in [-0.05, 0) is 30.3 Å². The molecule has 0 aliphatic heterocycles. The number of nitrogens with zero attached hydrogens (tertiary/aromatic N) is 2. The summed E-state index contributed by atoms with van der Waals surface area (Å²) in [5.41, 5.74) is -0.119. The van der Waals surface area contributed by atoms with Crippen LogP contribution in [-0.4, -0.2) is 42.6 Å². The lowest BCUT2D eigenvalue weighted by Crippen LogP contribution is -2.32. The summed E-state index contributed by atoms with van der Waals surface area (Å²) in [4.78, 5) is 23.7. The Morgan fingerprint density at radius 1 is 1.21 bits per heavy atom. The van der Waals surface area contributed by atoms with Gasteiger partial charge in [-0.1, -0.05) is 11.6 Å². The minimum Gasteiger partial charge on any atom is -0.492 e. The molecule has 0 spiro atoms. The van der Waals surface area contributed by atoms with Crippen LogP contribution in [-0.2, 0) is 11.3 Å². The number of rotatable bonds is 8. The van der Waals surface area contributed by atoms with Gasteiger partial charge in [0, 0.05) is 18.2 Å². The third kappa shape index (κ3) is 5.36. The van der Waals surface area contributed by atoms with E-state index in [1.54, 1.807) is 24.3 Å². The normalized spacial score (nSPS) is 10.4. The van der Waals surface area contributed by atoms with Gasteiger partial charge in [-0.3, -0.25) is 9.59 Å². The lowest BCUT2D eigenvalue weighted by atomic mass is 10.3. The van der Waals surface area contributed by atoms with Crippen molar-refractivity contribution >= 4 is 17.5 Å². The molecule has 8 heteroatoms. The van der Waals surface area contributed by atoms with Gasteiger partial charge < -0.3 is 14.8 Å². The van der Waals surface area contributed by atoms with Crippen molar-refractivity contribution in [2.75, 3.05) is 26.9 Å². The third-order valence-electron chi connectivity index (χ3n) is 3.08. The molecule has 0 unspecified atom stereocenters. The number of methoxy groups -OCH3 is 1. The fourth-order valence-corrected chi connectivity index (χ4v) is 1.99. The van der Waals surface area contributed by atoms with Crippen molar-refractivity contribution in [1.29, 1.82) is 0 Å². The number of carbonyl (C=O) groups excluding carboxylic acids is 1. The number of amides is 1. The van der Waals surface area contributed by atoms with Gasteiger partial charge in [0.05, 0.1) is 19.7 Å². The molecule has 0 fully saturated rings. The maximum absolute atomic E-state index is 12.0. The number of carbonyl (C=O) groups is 1. The van der Waals surface area contributed by atoms with Crippen LogP contribution in [0.5, 0.6) is 5.75 Å². The largest absolute Gasteiger partial charge is 0.492 e. The third-order valence-corrected chi connectivity index (χ3v) is 3.33. The number of halogens is 1. The summed E-state index contributed by atoms with van der Waals surface area (Å²) in [5, 5.41) is 7.33. The topological polar surface area (TPSA) is 82.5 Å². The summed E-state index contributed by atoms with van der Waals surface area (Å²) in [6.45, 7) is 1.24. The first kappa shape index (κ1) is 18.0. The number of ether oxygens (including phenoxy) is 2. The molecule has 2 aromatic rings. The number of nitrogens with one attached hydrogen (secondary N) is 1. The van der Waals surface area contributed by atoms with E-state index in [0.29, 0.717) is 30.5 Å². The minimum absolute atomic E-state index is 0.164. The first-order valence-electron chi connectivity index (χ1n) is 7.34. The van der Waals surface area contributed by atoms with Crippen molar-refractivity contribution in [3.63, 3.8) is 0 Å². The lowest BCUT2D eigenvalue weighted by molar-refractivity contribution is 0.0938. The summed E-state index contributed by atoms with van der Waals surface area (Å²) in [6, 6.07) is 9.64. The molecule has 0 atom stereocenters. The predicted octanol–water partition coefficient (Wildman–Crippen LogP) is 1.35. The molecule has 0 aliphatic carbocycles. The maximum atomic E-state index is 12.0. The van der Waals surface area contributed by atoms with Gasteiger partial charge >= 0.3 is 0 Å². The van der Waals surface area contributed by atoms with E-state index in [1.807, 2.05) is 0 Å². The Morgan fingerprint density at radius 2 is 1.96 bits per heavy atom. The van der Waals surface area contributed by atoms with E-state index in [0.717, 1.165) is 0 Å². The number of aromatic nitrogens is 2. The molecular weight excluding hydrogens is 334 g/mol. The zero-order valence-electron chi connectivity index (χ0n) is 13.2. The lowest BCUT2D eigenvalue weighted by Gasteiger charge is -2.09. The minimum atomic E-state index is -0.374. The van der Waals surface area contributed by atoms with E-state index in [4.69, 9.17) is 21.1 Å². The van der Waals surface area contributed by atoms with Crippen LogP contribution in [0.4, 0.5) is 0 Å². The van der Waals surface area contributed by atoms with Crippen molar-refractivity contribution in [3.05, 3.63) is 57.5 Å². The highest BCUT2D eigenvalue weighted by Gasteiger charge is 2.09. The zero-order chi connectivity index (χ0) is 17.4. The van der Waals surface area contributed by atoms with Gasteiger partial charge in [0.25, 0.3) is 11.5 Å². The fraction of sp³-hybridized carbons (Fsp3) is 0.312. The monoisotopic (exact) mass is 351 g/mol. The molecule has 1 heterocycles. The molecule has 0 aliphatic rings. The Kier molecular flexibility index (Phi) is 6.77. The second-order valence-electron chi connectivity index (χ2n) is 4.83. The Morgan fingerprint density at radius 3 is 2.67 bits per heavy atom. The predicted molar refractivity (Wildman–Crippen MR) is 89.7 cm³/mol. The van der Waals surface area contributed by atoms with Crippen molar-refractivity contribution < 1.29 is 14.3 Å². The van der Waals surface area contributed by atoms with Crippen LogP contribution in [0.2, 0.25) is 5.02 Å². The molecule has 1 N–H and O–H groups in total. The van der Waals surface area contributed by atoms with Gasteiger partial charge in [0.1, 0.15) is 18.1 Å². The highest BCUT2D eigenvalue weighted by Crippen LogP contribution is 2.15. The van der Waals surface area contributed by atoms with Gasteiger partial charge in [-0.25, -0.2) is 4.68 Å². The average Bonchev–Trinajstić information content (AvgIpc) is 2.59. The van der Waals surface area contributed by atoms with Gasteiger partial charge in [0.2, 0.25) is 0 Å². The highest BCUT2D eigenvalue weighted by molar-refractivity contribution is 6.30. The molecule has 7 nitrogen and oxygen atoms in total. The molecule has 1 aromatic heterocycles. The van der Waals surface area contributed by atoms with Crippen LogP contribution in [0.1, 0.15) is 10.5 Å². The van der Waals surface area contributed by atoms with E-state index >= 15 is 0 Å². The standard InChI is InChI=1S/C16H18ClN3O4/c1-23-11-9-20-15(21)7-6-14(19-20)16(22)18-8-10-24-13-4-2-12(17)3-5-13/h2-7H,8-11H2,1H3,(H,18,22). The first-order valence-corrected chi connectivity index (χ1v) is 7.71. The smallest absolute Gasteiger partial charge is 0.271 e. The van der Waals surface area contributed by atoms with E-state index in [9.17, 15) is 9.59 Å². The number of hydrogen-bond acceptors (Lipinski definition) is 5. The summed E-state index contributed by atoms with van der Waals surface area (Å²) in [6.07, 6.45) is 0. The average molecular weight is 352 g/mol. The van der Waals surface area contributed by atoms with Gasteiger partial charge in [-0.2, -0.15) is 5.10 Å². The molecule has 1 aromatic carbocycles. The molecule has 24 heavy (non-hydrogen) atoms. The molecular formula is C16H18ClN3O4. The molecule has 0 radical (unpaired) electrons. The Labute approximate surface area is 144 Å². The molecule has 1 amide bonds. The summed E-state index contributed by atoms with van der Waals surface area (Å²) < 4.78 is 11.6. The molecule has 0 saturated heterocycles. The Hall–Kier alpha value is -2.38. The van der Waals surface area contributed by atoms with Crippen LogP contribution in [0, 0.1) is 0 Å². The van der Waals surface area contributed by atoms with Crippen LogP contribution in [0.25, 0.3) is 0 Å². The quantitative estimate of drug-likeness (QED) is 0.726. The fourth-order valence-electron chi connectivity index (χ4n) is 1.86. The van der Waals surface area contributed by atoms with Crippen molar-refractivity contribution in [2.45, 2.75) is 6.54 Å². The van der Waals surface area contributed by atoms with Crippen LogP contribution >= 0.6 is 11.6 Å². The van der Waals surface area contributed by atoms with Crippen LogP contribution in [0.3, 0.4) is 0 Å². The number of hydrogen-bond donors (Lipinski definition) is 1. The molecule has 0 bridgehead atoms. The van der Waals surface area contributed by atoms with E-state index < -0.39 is 0 Å². The molecule has 128 valence electrons. The molecule has 0 saturated carbocycles.